The molecular weight excluding hydrogens is 434 g/mol. The van der Waals surface area contributed by atoms with Crippen LogP contribution < -0.4 is 10.1 Å². The number of fused-ring (bicyclic) bond motifs is 4. The lowest BCUT2D eigenvalue weighted by Crippen LogP contribution is -2.62. The number of carbonyl (C=O) groups is 2. The fourth-order valence-corrected chi connectivity index (χ4v) is 6.27. The van der Waals surface area contributed by atoms with Crippen LogP contribution in [0, 0.1) is 15.5 Å². The molecule has 1 fully saturated rings. The Hall–Kier alpha value is -4.04. The number of likely N-dealkylation sites (N-methyl/N-ethyl adjacent to an activating group) is 1. The normalized spacial score (nSPS) is 27.4. The molecule has 8 nitrogen and oxygen atoms in total. The molecule has 3 aliphatic heterocycles. The van der Waals surface area contributed by atoms with Gasteiger partial charge in [-0.05, 0) is 30.8 Å². The van der Waals surface area contributed by atoms with Gasteiger partial charge < -0.3 is 10.1 Å². The monoisotopic (exact) mass is 455 g/mol. The highest BCUT2D eigenvalue weighted by Gasteiger charge is 2.75. The summed E-state index contributed by atoms with van der Waals surface area (Å²) in [5, 5.41) is 14.5. The summed E-state index contributed by atoms with van der Waals surface area (Å²) >= 11 is 0. The second kappa shape index (κ2) is 6.98. The van der Waals surface area contributed by atoms with Crippen LogP contribution in [0.5, 0.6) is 5.75 Å². The molecule has 3 atom stereocenters. The lowest BCUT2D eigenvalue weighted by atomic mass is 9.57. The number of ketones is 1. The number of nitro benzene ring substituents is 1. The van der Waals surface area contributed by atoms with Crippen molar-refractivity contribution in [2.45, 2.75) is 11.5 Å². The van der Waals surface area contributed by atoms with Gasteiger partial charge in [0.15, 0.2) is 5.78 Å². The van der Waals surface area contributed by atoms with Gasteiger partial charge in [0, 0.05) is 35.8 Å². The van der Waals surface area contributed by atoms with Gasteiger partial charge in [0.2, 0.25) is 0 Å². The van der Waals surface area contributed by atoms with Crippen LogP contribution in [0.1, 0.15) is 27.4 Å². The smallest absolute Gasteiger partial charge is 0.269 e. The molecule has 0 bridgehead atoms. The van der Waals surface area contributed by atoms with Crippen molar-refractivity contribution in [1.29, 1.82) is 0 Å². The summed E-state index contributed by atoms with van der Waals surface area (Å²) in [6.45, 7) is 0.322. The number of nitrogens with zero attached hydrogens (tertiary/aromatic N) is 2. The van der Waals surface area contributed by atoms with Crippen molar-refractivity contribution in [3.05, 3.63) is 99.6 Å². The maximum Gasteiger partial charge on any atom is 0.269 e. The Labute approximate surface area is 195 Å². The summed E-state index contributed by atoms with van der Waals surface area (Å²) < 4.78 is 6.20. The quantitative estimate of drug-likeness (QED) is 0.467. The van der Waals surface area contributed by atoms with E-state index in [1.807, 2.05) is 36.2 Å². The number of carbonyl (C=O) groups excluding carboxylic acids is 2. The number of hydrogen-bond donors (Lipinski definition) is 1. The topological polar surface area (TPSA) is 102 Å². The molecule has 3 aliphatic rings. The fraction of sp³-hybridized carbons (Fsp3) is 0.231. The van der Waals surface area contributed by atoms with Crippen molar-refractivity contribution in [3.8, 4) is 5.75 Å². The van der Waals surface area contributed by atoms with Crippen molar-refractivity contribution in [2.24, 2.45) is 5.41 Å². The molecule has 0 aliphatic carbocycles. The average Bonchev–Trinajstić information content (AvgIpc) is 3.30. The number of benzene rings is 3. The number of amides is 1. The number of likely N-dealkylation sites (tertiary alicyclic amines) is 1. The highest BCUT2D eigenvalue weighted by atomic mass is 16.6. The first-order valence-electron chi connectivity index (χ1n) is 11.0. The van der Waals surface area contributed by atoms with Gasteiger partial charge in [0.05, 0.1) is 10.5 Å². The maximum atomic E-state index is 14.5. The molecule has 1 saturated heterocycles. The summed E-state index contributed by atoms with van der Waals surface area (Å²) in [6, 6.07) is 20.8. The Balaban J connectivity index is 1.66. The molecule has 1 N–H and O–H groups in total. The third kappa shape index (κ3) is 2.35. The minimum absolute atomic E-state index is 0.0255. The van der Waals surface area contributed by atoms with E-state index >= 15 is 0 Å². The summed E-state index contributed by atoms with van der Waals surface area (Å²) in [5.74, 6) is -0.523. The Kier molecular flexibility index (Phi) is 4.22. The number of nitrogens with one attached hydrogen (secondary N) is 1. The minimum Gasteiger partial charge on any atom is -0.492 e. The molecule has 0 radical (unpaired) electrons. The largest absolute Gasteiger partial charge is 0.492 e. The number of anilines is 1. The number of non-ortho nitro benzene ring substituents is 1. The molecule has 0 unspecified atom stereocenters. The summed E-state index contributed by atoms with van der Waals surface area (Å²) in [5.41, 5.74) is -0.303. The highest BCUT2D eigenvalue weighted by molar-refractivity contribution is 6.15. The molecule has 3 heterocycles. The van der Waals surface area contributed by atoms with E-state index in [4.69, 9.17) is 4.74 Å². The fourth-order valence-electron chi connectivity index (χ4n) is 6.27. The molecule has 170 valence electrons. The highest BCUT2D eigenvalue weighted by Crippen LogP contribution is 2.64. The second-order valence-corrected chi connectivity index (χ2v) is 9.08. The van der Waals surface area contributed by atoms with E-state index in [0.29, 0.717) is 34.7 Å². The Bertz CT molecular complexity index is 1390. The minimum atomic E-state index is -1.33. The third-order valence-electron chi connectivity index (χ3n) is 7.64. The van der Waals surface area contributed by atoms with Crippen LogP contribution in [-0.2, 0) is 10.3 Å². The van der Waals surface area contributed by atoms with Gasteiger partial charge in [0.25, 0.3) is 11.6 Å². The van der Waals surface area contributed by atoms with E-state index < -0.39 is 21.8 Å². The van der Waals surface area contributed by atoms with Crippen molar-refractivity contribution in [3.63, 3.8) is 0 Å². The zero-order chi connectivity index (χ0) is 23.7. The first-order chi connectivity index (χ1) is 16.4. The molecule has 0 aromatic heterocycles. The van der Waals surface area contributed by atoms with Crippen molar-refractivity contribution >= 4 is 23.1 Å². The number of hydrogen-bond acceptors (Lipinski definition) is 6. The predicted octanol–water partition coefficient (Wildman–Crippen LogP) is 3.73. The van der Waals surface area contributed by atoms with Crippen molar-refractivity contribution in [1.82, 2.24) is 4.90 Å². The number of ether oxygens (including phenoxy) is 1. The van der Waals surface area contributed by atoms with Crippen molar-refractivity contribution < 1.29 is 19.2 Å². The molecular formula is C26H21N3O5. The second-order valence-electron chi connectivity index (χ2n) is 9.08. The number of Topliss-reactive ketones (excluding diaryl/α,β-unsaturated/α-hetero) is 1. The molecule has 8 heteroatoms. The molecule has 6 rings (SSSR count). The summed E-state index contributed by atoms with van der Waals surface area (Å²) in [7, 11) is 1.83. The standard InChI is InChI=1S/C26H21N3O5/c1-28-14-20(16-7-6-8-17(13-16)29(32)33)25(15-34-22-12-5-2-9-18(22)23(25)30)26(28)19-10-3-4-11-21(19)27-24(26)31/h2-13,20H,14-15H2,1H3,(H,27,31)/t20-,25+,26+/m0/s1. The first-order valence-corrected chi connectivity index (χ1v) is 11.0. The summed E-state index contributed by atoms with van der Waals surface area (Å²) in [4.78, 5) is 41.4. The first kappa shape index (κ1) is 20.6. The molecule has 34 heavy (non-hydrogen) atoms. The van der Waals surface area contributed by atoms with Crippen LogP contribution in [0.25, 0.3) is 0 Å². The number of rotatable bonds is 2. The molecule has 2 spiro atoms. The average molecular weight is 455 g/mol. The lowest BCUT2D eigenvalue weighted by Gasteiger charge is -2.47. The lowest BCUT2D eigenvalue weighted by molar-refractivity contribution is -0.384. The molecule has 3 aromatic carbocycles. The van der Waals surface area contributed by atoms with Crippen LogP contribution in [0.2, 0.25) is 0 Å². The van der Waals surface area contributed by atoms with Gasteiger partial charge in [-0.15, -0.1) is 0 Å². The zero-order valence-corrected chi connectivity index (χ0v) is 18.4. The van der Waals surface area contributed by atoms with E-state index in [1.165, 1.54) is 12.1 Å². The van der Waals surface area contributed by atoms with Crippen molar-refractivity contribution in [2.75, 3.05) is 25.5 Å². The number of para-hydroxylation sites is 2. The Morgan fingerprint density at radius 3 is 2.65 bits per heavy atom. The number of nitro groups is 1. The van der Waals surface area contributed by atoms with Gasteiger partial charge in [-0.3, -0.25) is 24.6 Å². The van der Waals surface area contributed by atoms with Gasteiger partial charge in [0.1, 0.15) is 23.3 Å². The SMILES string of the molecule is CN1C[C@@H](c2cccc([N+](=O)[O-])c2)[C@@]2(COc3ccccc3C2=O)[C@@]12C(=O)Nc1ccccc12. The third-order valence-corrected chi connectivity index (χ3v) is 7.64. The van der Waals surface area contributed by atoms with Gasteiger partial charge in [-0.25, -0.2) is 0 Å². The van der Waals surface area contributed by atoms with E-state index in [0.717, 1.165) is 0 Å². The maximum absolute atomic E-state index is 14.5. The molecule has 1 amide bonds. The van der Waals surface area contributed by atoms with Crippen LogP contribution >= 0.6 is 0 Å². The Morgan fingerprint density at radius 2 is 1.82 bits per heavy atom. The van der Waals surface area contributed by atoms with Crippen LogP contribution in [-0.4, -0.2) is 41.7 Å². The van der Waals surface area contributed by atoms with E-state index in [-0.39, 0.29) is 24.0 Å². The van der Waals surface area contributed by atoms with Gasteiger partial charge in [-0.1, -0.05) is 42.5 Å². The van der Waals surface area contributed by atoms with Crippen LogP contribution in [0.15, 0.2) is 72.8 Å². The molecule has 3 aromatic rings. The van der Waals surface area contributed by atoms with Crippen LogP contribution in [0.3, 0.4) is 0 Å². The zero-order valence-electron chi connectivity index (χ0n) is 18.4. The van der Waals surface area contributed by atoms with Gasteiger partial charge >= 0.3 is 0 Å². The van der Waals surface area contributed by atoms with Crippen LogP contribution in [0.4, 0.5) is 11.4 Å². The van der Waals surface area contributed by atoms with E-state index in [1.54, 1.807) is 36.4 Å². The van der Waals surface area contributed by atoms with E-state index in [9.17, 15) is 19.7 Å². The van der Waals surface area contributed by atoms with Gasteiger partial charge in [-0.2, -0.15) is 0 Å². The Morgan fingerprint density at radius 1 is 1.06 bits per heavy atom. The predicted molar refractivity (Wildman–Crippen MR) is 124 cm³/mol. The summed E-state index contributed by atoms with van der Waals surface area (Å²) in [6.07, 6.45) is 0. The molecule has 0 saturated carbocycles. The van der Waals surface area contributed by atoms with E-state index in [2.05, 4.69) is 5.32 Å².